The van der Waals surface area contributed by atoms with Crippen LogP contribution >= 0.6 is 46.3 Å². The molecule has 1 aliphatic heterocycles. The predicted octanol–water partition coefficient (Wildman–Crippen LogP) is 6.30. The minimum Gasteiger partial charge on any atom is -0.335 e. The Morgan fingerprint density at radius 1 is 1.00 bits per heavy atom. The molecule has 0 fully saturated rings. The molecule has 0 amide bonds. The van der Waals surface area contributed by atoms with Crippen molar-refractivity contribution in [3.05, 3.63) is 68.1 Å². The molecule has 1 aromatic heterocycles. The summed E-state index contributed by atoms with van der Waals surface area (Å²) in [6.45, 7) is 2.78. The lowest BCUT2D eigenvalue weighted by molar-refractivity contribution is -0.668. The summed E-state index contributed by atoms with van der Waals surface area (Å²) >= 11 is 15.6. The molecule has 8 nitrogen and oxygen atoms in total. The number of benzene rings is 2. The van der Waals surface area contributed by atoms with Crippen molar-refractivity contribution in [3.63, 3.8) is 0 Å². The number of fused-ring (bicyclic) bond motifs is 2. The molecule has 14 heteroatoms. The highest BCUT2D eigenvalue weighted by Gasteiger charge is 2.26. The van der Waals surface area contributed by atoms with Gasteiger partial charge in [0.1, 0.15) is 4.70 Å². The van der Waals surface area contributed by atoms with Gasteiger partial charge in [0.25, 0.3) is 25.2 Å². The zero-order chi connectivity index (χ0) is 28.4. The Morgan fingerprint density at radius 2 is 1.67 bits per heavy atom. The third-order valence-corrected chi connectivity index (χ3v) is 10.3. The van der Waals surface area contributed by atoms with Gasteiger partial charge in [0.2, 0.25) is 5.52 Å². The number of nitrogens with zero attached hydrogens (tertiary/aromatic N) is 2. The zero-order valence-corrected chi connectivity index (χ0v) is 25.7. The summed E-state index contributed by atoms with van der Waals surface area (Å²) in [5.41, 5.74) is 2.75. The van der Waals surface area contributed by atoms with Crippen LogP contribution in [0, 0.1) is 0 Å². The Labute approximate surface area is 246 Å². The first-order chi connectivity index (χ1) is 18.3. The highest BCUT2D eigenvalue weighted by molar-refractivity contribution is 8.03. The van der Waals surface area contributed by atoms with Gasteiger partial charge in [0.15, 0.2) is 6.54 Å². The fraction of sp³-hybridized carbons (Fsp3) is 0.320. The number of hydrogen-bond donors (Lipinski definition) is 2. The largest absolute Gasteiger partial charge is 0.335 e. The van der Waals surface area contributed by atoms with Crippen LogP contribution in [-0.2, 0) is 26.8 Å². The Morgan fingerprint density at radius 3 is 2.36 bits per heavy atom. The quantitative estimate of drug-likeness (QED) is 0.184. The maximum absolute atomic E-state index is 11.3. The summed E-state index contributed by atoms with van der Waals surface area (Å²) in [6.07, 6.45) is 5.26. The second-order valence-corrected chi connectivity index (χ2v) is 15.0. The zero-order valence-electron chi connectivity index (χ0n) is 20.9. The van der Waals surface area contributed by atoms with E-state index in [1.807, 2.05) is 52.8 Å². The first-order valence-corrected chi connectivity index (χ1v) is 17.6. The van der Waals surface area contributed by atoms with E-state index in [0.29, 0.717) is 29.6 Å². The normalized spacial score (nSPS) is 15.5. The van der Waals surface area contributed by atoms with Crippen LogP contribution in [0.3, 0.4) is 0 Å². The van der Waals surface area contributed by atoms with E-state index < -0.39 is 20.2 Å². The van der Waals surface area contributed by atoms with Crippen molar-refractivity contribution in [2.45, 2.75) is 37.6 Å². The van der Waals surface area contributed by atoms with Gasteiger partial charge in [-0.05, 0) is 54.8 Å². The maximum Gasteiger partial charge on any atom is 0.265 e. The fourth-order valence-corrected chi connectivity index (χ4v) is 7.81. The van der Waals surface area contributed by atoms with Gasteiger partial charge >= 0.3 is 0 Å². The second-order valence-electron chi connectivity index (χ2n) is 8.90. The average Bonchev–Trinajstić information content (AvgIpc) is 3.34. The maximum atomic E-state index is 11.3. The van der Waals surface area contributed by atoms with E-state index in [1.54, 1.807) is 35.2 Å². The molecule has 39 heavy (non-hydrogen) atoms. The summed E-state index contributed by atoms with van der Waals surface area (Å²) in [6, 6.07) is 11.1. The van der Waals surface area contributed by atoms with Gasteiger partial charge in [-0.3, -0.25) is 9.11 Å². The Kier molecular flexibility index (Phi) is 9.70. The molecule has 1 aliphatic rings. The molecule has 2 N–H and O–H groups in total. The molecule has 0 atom stereocenters. The molecule has 0 radical (unpaired) electrons. The van der Waals surface area contributed by atoms with Crippen LogP contribution in [0.15, 0.2) is 58.0 Å². The van der Waals surface area contributed by atoms with Crippen molar-refractivity contribution < 1.29 is 30.5 Å². The van der Waals surface area contributed by atoms with Crippen molar-refractivity contribution in [2.24, 2.45) is 0 Å². The lowest BCUT2D eigenvalue weighted by Gasteiger charge is -2.20. The van der Waals surface area contributed by atoms with Crippen LogP contribution in [-0.4, -0.2) is 44.0 Å². The Balaban J connectivity index is 1.71. The lowest BCUT2D eigenvalue weighted by Crippen LogP contribution is -2.36. The van der Waals surface area contributed by atoms with Crippen LogP contribution < -0.4 is 9.47 Å². The third kappa shape index (κ3) is 8.20. The number of aryl methyl sites for hydroxylation is 1. The number of hydrogen-bond acceptors (Lipinski definition) is 7. The lowest BCUT2D eigenvalue weighted by atomic mass is 10.2. The number of rotatable bonds is 11. The molecule has 3 aromatic rings. The number of halogens is 2. The highest BCUT2D eigenvalue weighted by atomic mass is 35.5. The molecule has 0 aliphatic carbocycles. The highest BCUT2D eigenvalue weighted by Crippen LogP contribution is 2.47. The minimum atomic E-state index is -4.08. The van der Waals surface area contributed by atoms with Crippen LogP contribution in [0.2, 0.25) is 10.0 Å². The third-order valence-electron chi connectivity index (χ3n) is 5.98. The van der Waals surface area contributed by atoms with Crippen LogP contribution in [0.5, 0.6) is 0 Å². The Hall–Kier alpha value is -1.64. The van der Waals surface area contributed by atoms with E-state index in [4.69, 9.17) is 23.2 Å². The van der Waals surface area contributed by atoms with Gasteiger partial charge in [-0.25, -0.2) is 0 Å². The molecular weight excluding hydrogens is 623 g/mol. The predicted molar refractivity (Wildman–Crippen MR) is 160 cm³/mol. The second kappa shape index (κ2) is 12.5. The van der Waals surface area contributed by atoms with Gasteiger partial charge in [0, 0.05) is 40.0 Å². The summed E-state index contributed by atoms with van der Waals surface area (Å²) in [5.74, 6) is -0.691. The van der Waals surface area contributed by atoms with E-state index in [0.717, 1.165) is 36.4 Å². The molecule has 4 rings (SSSR count). The molecule has 2 heterocycles. The summed E-state index contributed by atoms with van der Waals surface area (Å²) in [7, 11) is -8.16. The number of anilines is 1. The van der Waals surface area contributed by atoms with Crippen LogP contribution in [0.25, 0.3) is 16.3 Å². The first kappa shape index (κ1) is 30.3. The molecule has 0 saturated heterocycles. The van der Waals surface area contributed by atoms with Gasteiger partial charge in [-0.1, -0.05) is 53.2 Å². The average molecular weight is 651 g/mol. The van der Waals surface area contributed by atoms with Gasteiger partial charge in [-0.2, -0.15) is 21.4 Å². The van der Waals surface area contributed by atoms with E-state index >= 15 is 0 Å². The SMILES string of the molecule is CCC(=Cc1sc2ccc(Cl)cc2[n+]1CCCS(=O)(=O)O)/C=C1\Sc2ccc(Cl)cc2N1CCCS(=O)(=O)O. The van der Waals surface area contributed by atoms with E-state index in [9.17, 15) is 25.9 Å². The molecule has 2 aromatic carbocycles. The van der Waals surface area contributed by atoms with Crippen LogP contribution in [0.4, 0.5) is 5.69 Å². The van der Waals surface area contributed by atoms with E-state index in [1.165, 1.54) is 0 Å². The fourth-order valence-electron chi connectivity index (χ4n) is 4.20. The molecule has 0 bridgehead atoms. The van der Waals surface area contributed by atoms with Gasteiger partial charge < -0.3 is 4.90 Å². The molecule has 0 unspecified atom stereocenters. The van der Waals surface area contributed by atoms with Crippen LogP contribution in [0.1, 0.15) is 31.2 Å². The van der Waals surface area contributed by atoms with Gasteiger partial charge in [-0.15, -0.1) is 0 Å². The number of thiazole rings is 1. The summed E-state index contributed by atoms with van der Waals surface area (Å²) < 4.78 is 66.6. The first-order valence-electron chi connectivity index (χ1n) is 12.0. The van der Waals surface area contributed by atoms with Gasteiger partial charge in [0.05, 0.1) is 22.2 Å². The van der Waals surface area contributed by atoms with Crippen molar-refractivity contribution in [2.75, 3.05) is 23.0 Å². The number of allylic oxidation sites excluding steroid dienone is 2. The molecule has 210 valence electrons. The molecule has 0 saturated carbocycles. The van der Waals surface area contributed by atoms with E-state index in [2.05, 4.69) is 0 Å². The van der Waals surface area contributed by atoms with Crippen molar-refractivity contribution in [1.82, 2.24) is 0 Å². The standard InChI is InChI=1S/C25H26Cl2N2O6S4/c1-2-17(13-24-28(9-3-11-38(30,31)32)20-15-18(26)5-7-22(20)36-24)14-25-29(10-4-12-39(33,34)35)21-16-19(27)6-8-23(21)37-25/h5-8,13-16H,2-4,9-12H2,1H3,(H-,30,31,32,33,34,35)/p+1. The topological polar surface area (TPSA) is 116 Å². The Bertz CT molecular complexity index is 1670. The molecule has 0 spiro atoms. The minimum absolute atomic E-state index is 0.235. The van der Waals surface area contributed by atoms with Crippen molar-refractivity contribution in [1.29, 1.82) is 0 Å². The van der Waals surface area contributed by atoms with E-state index in [-0.39, 0.29) is 24.3 Å². The summed E-state index contributed by atoms with van der Waals surface area (Å²) in [5, 5.41) is 2.93. The number of aromatic nitrogens is 1. The van der Waals surface area contributed by atoms with Crippen molar-refractivity contribution >= 4 is 88.5 Å². The molecular formula is C25H27Cl2N2O6S4+. The number of thioether (sulfide) groups is 1. The summed E-state index contributed by atoms with van der Waals surface area (Å²) in [4.78, 5) is 3.00. The van der Waals surface area contributed by atoms with Crippen molar-refractivity contribution in [3.8, 4) is 0 Å². The smallest absolute Gasteiger partial charge is 0.265 e. The monoisotopic (exact) mass is 649 g/mol.